The van der Waals surface area contributed by atoms with Crippen LogP contribution in [0.15, 0.2) is 24.3 Å². The van der Waals surface area contributed by atoms with E-state index in [-0.39, 0.29) is 12.1 Å². The van der Waals surface area contributed by atoms with Gasteiger partial charge in [0.2, 0.25) is 0 Å². The molecule has 0 aliphatic carbocycles. The molecule has 2 N–H and O–H groups in total. The van der Waals surface area contributed by atoms with Gasteiger partial charge in [-0.2, -0.15) is 0 Å². The Morgan fingerprint density at radius 3 is 2.44 bits per heavy atom. The third-order valence-electron chi connectivity index (χ3n) is 2.20. The smallest absolute Gasteiger partial charge is 0.124 e. The Balaban J connectivity index is 2.47. The number of hydrogen-bond acceptors (Lipinski definition) is 3. The lowest BCUT2D eigenvalue weighted by molar-refractivity contribution is 0.0550. The maximum Gasteiger partial charge on any atom is 0.124 e. The summed E-state index contributed by atoms with van der Waals surface area (Å²) in [6, 6.07) is 7.83. The molecule has 0 saturated carbocycles. The molecule has 1 aromatic rings. The molecule has 0 spiro atoms. The fraction of sp³-hybridized carbons (Fsp3) is 0.538. The number of nitrogens with two attached hydrogens (primary N) is 1. The standard InChI is InChI=1S/C13H21NO2/c1-10(2)15-8-9-16-13-7-5-4-6-12(13)11(3)14/h4-7,10-11H,8-9,14H2,1-3H3/t11-/m1/s1. The van der Waals surface area contributed by atoms with Gasteiger partial charge in [-0.25, -0.2) is 0 Å². The molecule has 0 bridgehead atoms. The van der Waals surface area contributed by atoms with E-state index in [1.165, 1.54) is 0 Å². The van der Waals surface area contributed by atoms with Crippen molar-refractivity contribution in [3.05, 3.63) is 29.8 Å². The number of rotatable bonds is 6. The van der Waals surface area contributed by atoms with Crippen LogP contribution in [0.4, 0.5) is 0 Å². The average molecular weight is 223 g/mol. The molecule has 0 heterocycles. The van der Waals surface area contributed by atoms with Crippen molar-refractivity contribution in [3.63, 3.8) is 0 Å². The predicted octanol–water partition coefficient (Wildman–Crippen LogP) is 2.51. The fourth-order valence-corrected chi connectivity index (χ4v) is 1.42. The van der Waals surface area contributed by atoms with Gasteiger partial charge < -0.3 is 15.2 Å². The molecular formula is C13H21NO2. The molecule has 0 unspecified atom stereocenters. The maximum atomic E-state index is 5.86. The third-order valence-corrected chi connectivity index (χ3v) is 2.20. The summed E-state index contributed by atoms with van der Waals surface area (Å²) in [7, 11) is 0. The van der Waals surface area contributed by atoms with Gasteiger partial charge in [0.25, 0.3) is 0 Å². The van der Waals surface area contributed by atoms with E-state index >= 15 is 0 Å². The Morgan fingerprint density at radius 1 is 1.12 bits per heavy atom. The predicted molar refractivity (Wildman–Crippen MR) is 65.6 cm³/mol. The highest BCUT2D eigenvalue weighted by Crippen LogP contribution is 2.22. The van der Waals surface area contributed by atoms with E-state index in [0.717, 1.165) is 11.3 Å². The van der Waals surface area contributed by atoms with Gasteiger partial charge in [0.05, 0.1) is 12.7 Å². The summed E-state index contributed by atoms with van der Waals surface area (Å²) in [4.78, 5) is 0. The molecule has 0 amide bonds. The largest absolute Gasteiger partial charge is 0.491 e. The highest BCUT2D eigenvalue weighted by atomic mass is 16.5. The summed E-state index contributed by atoms with van der Waals surface area (Å²) in [6.45, 7) is 7.13. The van der Waals surface area contributed by atoms with Crippen molar-refractivity contribution in [2.75, 3.05) is 13.2 Å². The summed E-state index contributed by atoms with van der Waals surface area (Å²) in [5.74, 6) is 0.852. The van der Waals surface area contributed by atoms with E-state index in [9.17, 15) is 0 Å². The Hall–Kier alpha value is -1.06. The minimum atomic E-state index is -0.0118. The molecule has 0 aromatic heterocycles. The van der Waals surface area contributed by atoms with E-state index in [1.807, 2.05) is 45.0 Å². The zero-order chi connectivity index (χ0) is 12.0. The van der Waals surface area contributed by atoms with Crippen molar-refractivity contribution < 1.29 is 9.47 Å². The van der Waals surface area contributed by atoms with Crippen molar-refractivity contribution in [2.45, 2.75) is 32.9 Å². The van der Waals surface area contributed by atoms with Gasteiger partial charge in [0.1, 0.15) is 12.4 Å². The van der Waals surface area contributed by atoms with Crippen LogP contribution < -0.4 is 10.5 Å². The molecule has 0 aliphatic rings. The number of ether oxygens (including phenoxy) is 2. The molecule has 3 nitrogen and oxygen atoms in total. The van der Waals surface area contributed by atoms with Crippen LogP contribution in [0.25, 0.3) is 0 Å². The van der Waals surface area contributed by atoms with Gasteiger partial charge in [-0.05, 0) is 26.8 Å². The third kappa shape index (κ3) is 4.21. The van der Waals surface area contributed by atoms with Gasteiger partial charge in [-0.1, -0.05) is 18.2 Å². The second kappa shape index (κ2) is 6.51. The molecule has 1 aromatic carbocycles. The summed E-state index contributed by atoms with van der Waals surface area (Å²) >= 11 is 0. The summed E-state index contributed by atoms with van der Waals surface area (Å²) in [6.07, 6.45) is 0.243. The monoisotopic (exact) mass is 223 g/mol. The van der Waals surface area contributed by atoms with Gasteiger partial charge in [0.15, 0.2) is 0 Å². The Bertz CT molecular complexity index is 311. The van der Waals surface area contributed by atoms with Crippen LogP contribution >= 0.6 is 0 Å². The fourth-order valence-electron chi connectivity index (χ4n) is 1.42. The first-order valence-electron chi connectivity index (χ1n) is 5.70. The van der Waals surface area contributed by atoms with Crippen molar-refractivity contribution in [3.8, 4) is 5.75 Å². The zero-order valence-electron chi connectivity index (χ0n) is 10.3. The summed E-state index contributed by atoms with van der Waals surface area (Å²) in [5.41, 5.74) is 6.89. The van der Waals surface area contributed by atoms with Crippen molar-refractivity contribution in [2.24, 2.45) is 5.73 Å². The molecule has 3 heteroatoms. The van der Waals surface area contributed by atoms with Crippen molar-refractivity contribution >= 4 is 0 Å². The minimum absolute atomic E-state index is 0.0118. The Morgan fingerprint density at radius 2 is 1.81 bits per heavy atom. The topological polar surface area (TPSA) is 44.5 Å². The lowest BCUT2D eigenvalue weighted by Gasteiger charge is -2.14. The average Bonchev–Trinajstić information content (AvgIpc) is 2.24. The van der Waals surface area contributed by atoms with E-state index < -0.39 is 0 Å². The van der Waals surface area contributed by atoms with E-state index in [0.29, 0.717) is 13.2 Å². The van der Waals surface area contributed by atoms with Crippen LogP contribution in [0.1, 0.15) is 32.4 Å². The first kappa shape index (κ1) is 13.0. The lowest BCUT2D eigenvalue weighted by atomic mass is 10.1. The first-order valence-corrected chi connectivity index (χ1v) is 5.70. The van der Waals surface area contributed by atoms with Crippen LogP contribution in [0.3, 0.4) is 0 Å². The molecule has 90 valence electrons. The molecule has 0 radical (unpaired) electrons. The Kier molecular flexibility index (Phi) is 5.29. The van der Waals surface area contributed by atoms with Gasteiger partial charge in [0, 0.05) is 11.6 Å². The minimum Gasteiger partial charge on any atom is -0.491 e. The number of para-hydroxylation sites is 1. The van der Waals surface area contributed by atoms with Crippen LogP contribution in [0.5, 0.6) is 5.75 Å². The van der Waals surface area contributed by atoms with E-state index in [1.54, 1.807) is 0 Å². The Labute approximate surface area is 97.6 Å². The molecule has 0 aliphatic heterocycles. The number of hydrogen-bond donors (Lipinski definition) is 1. The summed E-state index contributed by atoms with van der Waals surface area (Å²) < 4.78 is 11.1. The molecule has 1 atom stereocenters. The van der Waals surface area contributed by atoms with Crippen molar-refractivity contribution in [1.29, 1.82) is 0 Å². The zero-order valence-corrected chi connectivity index (χ0v) is 10.3. The molecule has 1 rings (SSSR count). The SMILES string of the molecule is CC(C)OCCOc1ccccc1[C@@H](C)N. The molecular weight excluding hydrogens is 202 g/mol. The van der Waals surface area contributed by atoms with Crippen molar-refractivity contribution in [1.82, 2.24) is 0 Å². The van der Waals surface area contributed by atoms with Crippen LogP contribution in [-0.4, -0.2) is 19.3 Å². The quantitative estimate of drug-likeness (QED) is 0.754. The normalized spacial score (nSPS) is 12.8. The molecule has 0 saturated heterocycles. The van der Waals surface area contributed by atoms with E-state index in [4.69, 9.17) is 15.2 Å². The van der Waals surface area contributed by atoms with Gasteiger partial charge in [-0.3, -0.25) is 0 Å². The van der Waals surface area contributed by atoms with Crippen LogP contribution in [0, 0.1) is 0 Å². The van der Waals surface area contributed by atoms with E-state index in [2.05, 4.69) is 0 Å². The number of benzene rings is 1. The summed E-state index contributed by atoms with van der Waals surface area (Å²) in [5, 5.41) is 0. The van der Waals surface area contributed by atoms with Crippen LogP contribution in [0.2, 0.25) is 0 Å². The molecule has 16 heavy (non-hydrogen) atoms. The first-order chi connectivity index (χ1) is 7.61. The highest BCUT2D eigenvalue weighted by Gasteiger charge is 2.06. The second-order valence-electron chi connectivity index (χ2n) is 4.09. The highest BCUT2D eigenvalue weighted by molar-refractivity contribution is 5.35. The second-order valence-corrected chi connectivity index (χ2v) is 4.09. The maximum absolute atomic E-state index is 5.86. The van der Waals surface area contributed by atoms with Gasteiger partial charge in [-0.15, -0.1) is 0 Å². The molecule has 0 fully saturated rings. The van der Waals surface area contributed by atoms with Gasteiger partial charge >= 0.3 is 0 Å². The lowest BCUT2D eigenvalue weighted by Crippen LogP contribution is -2.13. The van der Waals surface area contributed by atoms with Crippen LogP contribution in [-0.2, 0) is 4.74 Å².